The normalized spacial score (nSPS) is 15.7. The topological polar surface area (TPSA) is 58.6 Å². The summed E-state index contributed by atoms with van der Waals surface area (Å²) in [4.78, 5) is 27.9. The molecule has 1 unspecified atom stereocenters. The highest BCUT2D eigenvalue weighted by molar-refractivity contribution is 8.00. The maximum Gasteiger partial charge on any atom is 0.238 e. The van der Waals surface area contributed by atoms with Gasteiger partial charge in [0.2, 0.25) is 11.8 Å². The number of carbonyl (C=O) groups excluding carboxylic acids is 2. The zero-order chi connectivity index (χ0) is 21.6. The van der Waals surface area contributed by atoms with Gasteiger partial charge in [0.25, 0.3) is 0 Å². The van der Waals surface area contributed by atoms with Gasteiger partial charge in [-0.1, -0.05) is 30.3 Å². The number of anilines is 2. The first-order valence-electron chi connectivity index (χ1n) is 9.79. The van der Waals surface area contributed by atoms with Crippen LogP contribution < -0.4 is 15.0 Å². The van der Waals surface area contributed by atoms with Crippen molar-refractivity contribution in [2.75, 3.05) is 28.8 Å². The summed E-state index contributed by atoms with van der Waals surface area (Å²) in [5.74, 6) is 1.50. The van der Waals surface area contributed by atoms with Crippen molar-refractivity contribution < 1.29 is 14.3 Å². The molecule has 31 heavy (non-hydrogen) atoms. The number of carbonyl (C=O) groups is 2. The Balaban J connectivity index is 1.46. The van der Waals surface area contributed by atoms with Crippen molar-refractivity contribution in [2.24, 2.45) is 0 Å². The monoisotopic (exact) mass is 450 g/mol. The Kier molecular flexibility index (Phi) is 6.84. The van der Waals surface area contributed by atoms with Crippen LogP contribution >= 0.6 is 23.5 Å². The van der Waals surface area contributed by atoms with Crippen LogP contribution in [0.3, 0.4) is 0 Å². The lowest BCUT2D eigenvalue weighted by atomic mass is 10.1. The number of thioether (sulfide) groups is 2. The molecular weight excluding hydrogens is 428 g/mol. The van der Waals surface area contributed by atoms with E-state index in [0.717, 1.165) is 27.6 Å². The predicted octanol–water partition coefficient (Wildman–Crippen LogP) is 5.20. The molecule has 7 heteroatoms. The van der Waals surface area contributed by atoms with E-state index in [-0.39, 0.29) is 17.2 Å². The minimum atomic E-state index is -0.142. The van der Waals surface area contributed by atoms with Gasteiger partial charge in [-0.2, -0.15) is 0 Å². The maximum absolute atomic E-state index is 12.6. The van der Waals surface area contributed by atoms with Crippen LogP contribution in [0.4, 0.5) is 11.4 Å². The molecule has 0 radical (unpaired) electrons. The van der Waals surface area contributed by atoms with Gasteiger partial charge in [0.05, 0.1) is 18.6 Å². The SMILES string of the molecule is COc1ccc(N2C(=O)CSC2c2cccc(NC(=O)CSc3ccccc3)c2)cc1. The molecule has 3 aromatic carbocycles. The van der Waals surface area contributed by atoms with Crippen molar-refractivity contribution in [3.63, 3.8) is 0 Å². The first-order chi connectivity index (χ1) is 15.1. The fourth-order valence-corrected chi connectivity index (χ4v) is 5.21. The number of benzene rings is 3. The van der Waals surface area contributed by atoms with E-state index in [1.54, 1.807) is 23.8 Å². The number of nitrogens with zero attached hydrogens (tertiary/aromatic N) is 1. The Morgan fingerprint density at radius 3 is 2.61 bits per heavy atom. The molecule has 1 aliphatic heterocycles. The molecule has 0 bridgehead atoms. The fraction of sp³-hybridized carbons (Fsp3) is 0.167. The molecule has 5 nitrogen and oxygen atoms in total. The second kappa shape index (κ2) is 9.94. The van der Waals surface area contributed by atoms with Gasteiger partial charge in [0.15, 0.2) is 0 Å². The zero-order valence-electron chi connectivity index (χ0n) is 17.0. The van der Waals surface area contributed by atoms with Gasteiger partial charge < -0.3 is 10.1 Å². The summed E-state index contributed by atoms with van der Waals surface area (Å²) in [6, 6.07) is 25.0. The highest BCUT2D eigenvalue weighted by Gasteiger charge is 2.34. The molecule has 3 aromatic rings. The molecule has 0 aliphatic carbocycles. The van der Waals surface area contributed by atoms with Crippen LogP contribution in [0.25, 0.3) is 0 Å². The number of amides is 2. The molecule has 1 heterocycles. The summed E-state index contributed by atoms with van der Waals surface area (Å²) >= 11 is 3.08. The Hall–Kier alpha value is -2.90. The Bertz CT molecular complexity index is 1060. The van der Waals surface area contributed by atoms with Gasteiger partial charge in [-0.05, 0) is 54.1 Å². The molecule has 0 aromatic heterocycles. The van der Waals surface area contributed by atoms with Crippen LogP contribution in [-0.2, 0) is 9.59 Å². The van der Waals surface area contributed by atoms with E-state index in [9.17, 15) is 9.59 Å². The Labute approximate surface area is 190 Å². The van der Waals surface area contributed by atoms with Crippen LogP contribution in [0, 0.1) is 0 Å². The summed E-state index contributed by atoms with van der Waals surface area (Å²) in [6.07, 6.45) is 0. The zero-order valence-corrected chi connectivity index (χ0v) is 18.6. The number of methoxy groups -OCH3 is 1. The first-order valence-corrected chi connectivity index (χ1v) is 11.8. The minimum Gasteiger partial charge on any atom is -0.497 e. The van der Waals surface area contributed by atoms with Gasteiger partial charge in [0, 0.05) is 16.3 Å². The quantitative estimate of drug-likeness (QED) is 0.501. The molecular formula is C24H22N2O3S2. The van der Waals surface area contributed by atoms with Crippen molar-refractivity contribution in [1.82, 2.24) is 0 Å². The largest absolute Gasteiger partial charge is 0.497 e. The molecule has 1 saturated heterocycles. The van der Waals surface area contributed by atoms with Crippen LogP contribution in [0.15, 0.2) is 83.8 Å². The van der Waals surface area contributed by atoms with Gasteiger partial charge in [-0.3, -0.25) is 14.5 Å². The van der Waals surface area contributed by atoms with Gasteiger partial charge in [0.1, 0.15) is 11.1 Å². The summed E-state index contributed by atoms with van der Waals surface area (Å²) in [7, 11) is 1.62. The average Bonchev–Trinajstić information content (AvgIpc) is 3.20. The average molecular weight is 451 g/mol. The first kappa shape index (κ1) is 21.3. The van der Waals surface area contributed by atoms with Crippen LogP contribution in [0.1, 0.15) is 10.9 Å². The molecule has 4 rings (SSSR count). The lowest BCUT2D eigenvalue weighted by molar-refractivity contribution is -0.116. The molecule has 0 spiro atoms. The van der Waals surface area contributed by atoms with E-state index in [1.807, 2.05) is 78.9 Å². The minimum absolute atomic E-state index is 0.0619. The fourth-order valence-electron chi connectivity index (χ4n) is 3.33. The number of hydrogen-bond acceptors (Lipinski definition) is 5. The van der Waals surface area contributed by atoms with Crippen molar-refractivity contribution in [2.45, 2.75) is 10.3 Å². The highest BCUT2D eigenvalue weighted by Crippen LogP contribution is 2.42. The van der Waals surface area contributed by atoms with Crippen molar-refractivity contribution in [3.05, 3.63) is 84.4 Å². The Morgan fingerprint density at radius 1 is 1.10 bits per heavy atom. The van der Waals surface area contributed by atoms with E-state index in [4.69, 9.17) is 4.74 Å². The molecule has 1 fully saturated rings. The van der Waals surface area contributed by atoms with Crippen molar-refractivity contribution >= 4 is 46.7 Å². The number of rotatable bonds is 7. The summed E-state index contributed by atoms with van der Waals surface area (Å²) in [6.45, 7) is 0. The van der Waals surface area contributed by atoms with Gasteiger partial charge >= 0.3 is 0 Å². The smallest absolute Gasteiger partial charge is 0.238 e. The summed E-state index contributed by atoms with van der Waals surface area (Å²) in [5, 5.41) is 2.83. The maximum atomic E-state index is 12.6. The lowest BCUT2D eigenvalue weighted by Crippen LogP contribution is -2.27. The molecule has 2 amide bonds. The van der Waals surface area contributed by atoms with Gasteiger partial charge in [-0.15, -0.1) is 23.5 Å². The Morgan fingerprint density at radius 2 is 1.87 bits per heavy atom. The third-order valence-electron chi connectivity index (χ3n) is 4.79. The van der Waals surface area contributed by atoms with Crippen molar-refractivity contribution in [3.8, 4) is 5.75 Å². The highest BCUT2D eigenvalue weighted by atomic mass is 32.2. The lowest BCUT2D eigenvalue weighted by Gasteiger charge is -2.25. The van der Waals surface area contributed by atoms with Crippen LogP contribution in [-0.4, -0.2) is 30.4 Å². The van der Waals surface area contributed by atoms with Crippen molar-refractivity contribution in [1.29, 1.82) is 0 Å². The summed E-state index contributed by atoms with van der Waals surface area (Å²) < 4.78 is 5.22. The van der Waals surface area contributed by atoms with Crippen LogP contribution in [0.5, 0.6) is 5.75 Å². The molecule has 0 saturated carbocycles. The predicted molar refractivity (Wildman–Crippen MR) is 128 cm³/mol. The molecule has 158 valence electrons. The molecule has 1 N–H and O–H groups in total. The van der Waals surface area contributed by atoms with E-state index in [1.165, 1.54) is 11.8 Å². The van der Waals surface area contributed by atoms with E-state index in [0.29, 0.717) is 11.5 Å². The van der Waals surface area contributed by atoms with E-state index < -0.39 is 0 Å². The third-order valence-corrected chi connectivity index (χ3v) is 7.01. The molecule has 1 aliphatic rings. The standard InChI is InChI=1S/C24H22N2O3S2/c1-29-20-12-10-19(11-13-20)26-23(28)16-31-24(26)17-6-5-7-18(14-17)25-22(27)15-30-21-8-3-2-4-9-21/h2-14,24H,15-16H2,1H3,(H,25,27). The van der Waals surface area contributed by atoms with E-state index in [2.05, 4.69) is 5.32 Å². The third kappa shape index (κ3) is 5.24. The number of hydrogen-bond donors (Lipinski definition) is 1. The summed E-state index contributed by atoms with van der Waals surface area (Å²) in [5.41, 5.74) is 2.53. The second-order valence-corrected chi connectivity index (χ2v) is 9.02. The van der Waals surface area contributed by atoms with E-state index >= 15 is 0 Å². The second-order valence-electron chi connectivity index (χ2n) is 6.90. The van der Waals surface area contributed by atoms with Crippen LogP contribution in [0.2, 0.25) is 0 Å². The number of ether oxygens (including phenoxy) is 1. The van der Waals surface area contributed by atoms with Gasteiger partial charge in [-0.25, -0.2) is 0 Å². The number of nitrogens with one attached hydrogen (secondary N) is 1. The molecule has 1 atom stereocenters.